The topological polar surface area (TPSA) is 87.1 Å². The van der Waals surface area contributed by atoms with Crippen molar-refractivity contribution in [3.63, 3.8) is 0 Å². The van der Waals surface area contributed by atoms with Crippen LogP contribution in [-0.2, 0) is 14.9 Å². The molecule has 0 amide bonds. The summed E-state index contributed by atoms with van der Waals surface area (Å²) in [6.07, 6.45) is -0.344. The largest absolute Gasteiger partial charge is 0.394 e. The zero-order chi connectivity index (χ0) is 14.0. The van der Waals surface area contributed by atoms with E-state index in [1.165, 1.54) is 6.07 Å². The van der Waals surface area contributed by atoms with Gasteiger partial charge in [0.05, 0.1) is 25.0 Å². The van der Waals surface area contributed by atoms with Gasteiger partial charge >= 0.3 is 0 Å². The second-order valence-electron chi connectivity index (χ2n) is 4.57. The quantitative estimate of drug-likeness (QED) is 0.802. The molecule has 0 spiro atoms. The fourth-order valence-electron chi connectivity index (χ4n) is 2.14. The molecule has 0 aromatic heterocycles. The van der Waals surface area contributed by atoms with E-state index in [-0.39, 0.29) is 30.0 Å². The highest BCUT2D eigenvalue weighted by Gasteiger charge is 2.25. The van der Waals surface area contributed by atoms with Crippen molar-refractivity contribution in [3.8, 4) is 0 Å². The molecule has 1 heterocycles. The molecule has 0 saturated carbocycles. The van der Waals surface area contributed by atoms with Gasteiger partial charge in [0.2, 0.25) is 0 Å². The molecule has 1 aliphatic heterocycles. The second kappa shape index (κ2) is 6.73. The van der Waals surface area contributed by atoms with Gasteiger partial charge in [-0.2, -0.15) is 8.42 Å². The van der Waals surface area contributed by atoms with Crippen LogP contribution in [0.1, 0.15) is 5.56 Å². The number of halogens is 1. The van der Waals surface area contributed by atoms with E-state index in [1.54, 1.807) is 17.0 Å². The summed E-state index contributed by atoms with van der Waals surface area (Å²) < 4.78 is 37.4. The molecule has 0 aliphatic carbocycles. The number of nitrogens with zero attached hydrogens (tertiary/aromatic N) is 1. The lowest BCUT2D eigenvalue weighted by molar-refractivity contribution is 0.00343. The van der Waals surface area contributed by atoms with Gasteiger partial charge in [-0.1, -0.05) is 6.07 Å². The van der Waals surface area contributed by atoms with Crippen LogP contribution in [-0.4, -0.2) is 50.5 Å². The molecule has 0 bridgehead atoms. The van der Waals surface area contributed by atoms with Crippen molar-refractivity contribution < 1.29 is 22.8 Å². The normalized spacial score (nSPS) is 19.6. The van der Waals surface area contributed by atoms with E-state index in [0.29, 0.717) is 25.4 Å². The molecule has 2 N–H and O–H groups in total. The molecule has 2 rings (SSSR count). The molecule has 1 fully saturated rings. The van der Waals surface area contributed by atoms with Gasteiger partial charge in [-0.3, -0.25) is 4.55 Å². The third-order valence-electron chi connectivity index (χ3n) is 3.08. The molecule has 1 saturated heterocycles. The molecule has 1 atom stereocenters. The highest BCUT2D eigenvalue weighted by Crippen LogP contribution is 2.27. The highest BCUT2D eigenvalue weighted by atomic mass is 35.5. The van der Waals surface area contributed by atoms with Gasteiger partial charge in [-0.25, -0.2) is 0 Å². The van der Waals surface area contributed by atoms with Crippen LogP contribution in [0.5, 0.6) is 0 Å². The van der Waals surface area contributed by atoms with Gasteiger partial charge in [-0.15, -0.1) is 12.4 Å². The van der Waals surface area contributed by atoms with Gasteiger partial charge in [-0.05, 0) is 24.6 Å². The van der Waals surface area contributed by atoms with Crippen LogP contribution < -0.4 is 4.90 Å². The smallest absolute Gasteiger partial charge is 0.296 e. The number of rotatable bonds is 3. The number of aryl methyl sites for hydroxylation is 1. The molecular formula is C12H18ClNO5S. The average molecular weight is 324 g/mol. The van der Waals surface area contributed by atoms with E-state index < -0.39 is 10.1 Å². The van der Waals surface area contributed by atoms with Gasteiger partial charge in [0.25, 0.3) is 10.1 Å². The van der Waals surface area contributed by atoms with Gasteiger partial charge in [0.1, 0.15) is 4.90 Å². The minimum Gasteiger partial charge on any atom is -0.394 e. The Bertz CT molecular complexity index is 563. The Morgan fingerprint density at radius 2 is 2.15 bits per heavy atom. The Kier molecular flexibility index (Phi) is 5.79. The standard InChI is InChI=1S/C12H17NO5S.ClH/c1-9-2-3-12(19(15,16)17)11(6-9)13-4-5-18-10(7-13)8-14;/h2-3,6,10,14H,4-5,7-8H2,1H3,(H,15,16,17);1H. The number of hydrogen-bond donors (Lipinski definition) is 2. The minimum absolute atomic E-state index is 0. The maximum Gasteiger partial charge on any atom is 0.296 e. The first kappa shape index (κ1) is 17.2. The number of morpholine rings is 1. The molecule has 20 heavy (non-hydrogen) atoms. The van der Waals surface area contributed by atoms with E-state index in [1.807, 2.05) is 6.92 Å². The van der Waals surface area contributed by atoms with Crippen molar-refractivity contribution in [1.29, 1.82) is 0 Å². The predicted octanol–water partition coefficient (Wildman–Crippen LogP) is 0.861. The Balaban J connectivity index is 0.00000200. The number of ether oxygens (including phenoxy) is 1. The number of aliphatic hydroxyl groups excluding tert-OH is 1. The minimum atomic E-state index is -4.27. The maximum absolute atomic E-state index is 11.4. The third-order valence-corrected chi connectivity index (χ3v) is 3.98. The lowest BCUT2D eigenvalue weighted by Crippen LogP contribution is -2.44. The third kappa shape index (κ3) is 3.83. The Labute approximate surface area is 124 Å². The second-order valence-corrected chi connectivity index (χ2v) is 5.96. The van der Waals surface area contributed by atoms with Crippen LogP contribution >= 0.6 is 12.4 Å². The maximum atomic E-state index is 11.4. The summed E-state index contributed by atoms with van der Waals surface area (Å²) in [5.74, 6) is 0. The van der Waals surface area contributed by atoms with Gasteiger partial charge in [0.15, 0.2) is 0 Å². The van der Waals surface area contributed by atoms with Gasteiger partial charge in [0, 0.05) is 13.1 Å². The van der Waals surface area contributed by atoms with Crippen molar-refractivity contribution in [2.75, 3.05) is 31.2 Å². The summed E-state index contributed by atoms with van der Waals surface area (Å²) in [6, 6.07) is 4.74. The van der Waals surface area contributed by atoms with Crippen molar-refractivity contribution in [2.45, 2.75) is 17.9 Å². The first-order valence-corrected chi connectivity index (χ1v) is 7.41. The summed E-state index contributed by atoms with van der Waals surface area (Å²) in [5, 5.41) is 9.12. The van der Waals surface area contributed by atoms with E-state index in [9.17, 15) is 13.0 Å². The zero-order valence-corrected chi connectivity index (χ0v) is 12.7. The van der Waals surface area contributed by atoms with Crippen molar-refractivity contribution >= 4 is 28.2 Å². The molecular weight excluding hydrogens is 306 g/mol. The average Bonchev–Trinajstić information content (AvgIpc) is 2.37. The first-order chi connectivity index (χ1) is 8.91. The molecule has 6 nitrogen and oxygen atoms in total. The van der Waals surface area contributed by atoms with E-state index in [0.717, 1.165) is 5.56 Å². The summed E-state index contributed by atoms with van der Waals surface area (Å²) in [7, 11) is -4.27. The first-order valence-electron chi connectivity index (χ1n) is 5.97. The van der Waals surface area contributed by atoms with Crippen LogP contribution in [0.15, 0.2) is 23.1 Å². The van der Waals surface area contributed by atoms with Crippen LogP contribution in [0.4, 0.5) is 5.69 Å². The lowest BCUT2D eigenvalue weighted by Gasteiger charge is -2.34. The number of aliphatic hydroxyl groups is 1. The summed E-state index contributed by atoms with van der Waals surface area (Å²) in [5.41, 5.74) is 1.35. The summed E-state index contributed by atoms with van der Waals surface area (Å²) in [6.45, 7) is 3.04. The highest BCUT2D eigenvalue weighted by molar-refractivity contribution is 7.86. The molecule has 0 radical (unpaired) electrons. The van der Waals surface area contributed by atoms with Gasteiger partial charge < -0.3 is 14.7 Å². The molecule has 8 heteroatoms. The molecule has 1 unspecified atom stereocenters. The number of anilines is 1. The summed E-state index contributed by atoms with van der Waals surface area (Å²) >= 11 is 0. The van der Waals surface area contributed by atoms with Crippen molar-refractivity contribution in [1.82, 2.24) is 0 Å². The predicted molar refractivity (Wildman–Crippen MR) is 77.3 cm³/mol. The fraction of sp³-hybridized carbons (Fsp3) is 0.500. The van der Waals surface area contributed by atoms with Crippen LogP contribution in [0.25, 0.3) is 0 Å². The molecule has 1 aromatic rings. The van der Waals surface area contributed by atoms with E-state index >= 15 is 0 Å². The van der Waals surface area contributed by atoms with Crippen LogP contribution in [0.2, 0.25) is 0 Å². The van der Waals surface area contributed by atoms with Crippen molar-refractivity contribution in [3.05, 3.63) is 23.8 Å². The molecule has 1 aromatic carbocycles. The number of benzene rings is 1. The lowest BCUT2D eigenvalue weighted by atomic mass is 10.2. The van der Waals surface area contributed by atoms with E-state index in [4.69, 9.17) is 9.84 Å². The van der Waals surface area contributed by atoms with Crippen LogP contribution in [0, 0.1) is 6.92 Å². The molecule has 114 valence electrons. The number of hydrogen-bond acceptors (Lipinski definition) is 5. The molecule has 1 aliphatic rings. The monoisotopic (exact) mass is 323 g/mol. The van der Waals surface area contributed by atoms with Crippen molar-refractivity contribution in [2.24, 2.45) is 0 Å². The van der Waals surface area contributed by atoms with E-state index in [2.05, 4.69) is 0 Å². The zero-order valence-electron chi connectivity index (χ0n) is 11.0. The van der Waals surface area contributed by atoms with Crippen LogP contribution in [0.3, 0.4) is 0 Å². The Hall–Kier alpha value is -0.860. The summed E-state index contributed by atoms with van der Waals surface area (Å²) in [4.78, 5) is 1.69. The fourth-order valence-corrected chi connectivity index (χ4v) is 2.83. The Morgan fingerprint density at radius 1 is 1.45 bits per heavy atom. The SMILES string of the molecule is Cc1ccc(S(=O)(=O)O)c(N2CCOC(CO)C2)c1.Cl. The Morgan fingerprint density at radius 3 is 2.75 bits per heavy atom.